The zero-order valence-electron chi connectivity index (χ0n) is 9.17. The Morgan fingerprint density at radius 1 is 1.41 bits per heavy atom. The van der Waals surface area contributed by atoms with Crippen LogP contribution >= 0.6 is 12.2 Å². The molecule has 6 heteroatoms. The van der Waals surface area contributed by atoms with Gasteiger partial charge in [0.2, 0.25) is 0 Å². The van der Waals surface area contributed by atoms with Crippen molar-refractivity contribution < 1.29 is 24.2 Å². The zero-order chi connectivity index (χ0) is 13.4. The fourth-order valence-corrected chi connectivity index (χ4v) is 0.789. The van der Waals surface area contributed by atoms with Gasteiger partial charge in [-0.2, -0.15) is 0 Å². The average molecular weight is 256 g/mol. The predicted molar refractivity (Wildman–Crippen MR) is 65.1 cm³/mol. The van der Waals surface area contributed by atoms with Crippen LogP contribution in [0.15, 0.2) is 35.0 Å². The number of hydrogen-bond acceptors (Lipinski definition) is 4. The van der Waals surface area contributed by atoms with Crippen molar-refractivity contribution in [3.8, 4) is 0 Å². The van der Waals surface area contributed by atoms with Crippen molar-refractivity contribution in [3.05, 3.63) is 36.3 Å². The van der Waals surface area contributed by atoms with E-state index in [9.17, 15) is 9.59 Å². The second-order valence-corrected chi connectivity index (χ2v) is 3.56. The maximum atomic E-state index is 10.2. The molecule has 1 aromatic heterocycles. The third-order valence-corrected chi connectivity index (χ3v) is 1.84. The summed E-state index contributed by atoms with van der Waals surface area (Å²) in [5, 5.41) is 16.3. The maximum Gasteiger partial charge on any atom is 0.342 e. The lowest BCUT2D eigenvalue weighted by molar-refractivity contribution is -0.132. The molecule has 0 aliphatic rings. The van der Waals surface area contributed by atoms with Crippen LogP contribution in [0.3, 0.4) is 0 Å². The number of carboxylic acid groups (broad SMARTS) is 2. The molecule has 0 saturated heterocycles. The van der Waals surface area contributed by atoms with E-state index in [1.807, 2.05) is 0 Å². The lowest BCUT2D eigenvalue weighted by Gasteiger charge is -1.92. The first-order chi connectivity index (χ1) is 7.84. The molecule has 2 N–H and O–H groups in total. The van der Waals surface area contributed by atoms with Crippen molar-refractivity contribution in [1.29, 1.82) is 0 Å². The van der Waals surface area contributed by atoms with E-state index in [4.69, 9.17) is 14.6 Å². The molecule has 0 amide bonds. The summed E-state index contributed by atoms with van der Waals surface area (Å²) in [6.07, 6.45) is 1.68. The third-order valence-electron chi connectivity index (χ3n) is 1.52. The monoisotopic (exact) mass is 256 g/mol. The molecule has 0 saturated carbocycles. The van der Waals surface area contributed by atoms with Gasteiger partial charge in [0, 0.05) is 12.0 Å². The summed E-state index contributed by atoms with van der Waals surface area (Å²) in [6.45, 7) is 4.60. The highest BCUT2D eigenvalue weighted by Crippen LogP contribution is 2.02. The van der Waals surface area contributed by atoms with Crippen LogP contribution < -0.4 is 0 Å². The van der Waals surface area contributed by atoms with E-state index in [1.165, 1.54) is 13.2 Å². The van der Waals surface area contributed by atoms with Crippen molar-refractivity contribution in [2.75, 3.05) is 0 Å². The molecule has 5 nitrogen and oxygen atoms in total. The van der Waals surface area contributed by atoms with Gasteiger partial charge in [0.05, 0.1) is 6.26 Å². The molecule has 0 aliphatic heterocycles. The molecule has 0 spiro atoms. The number of hydrogen-bond donors (Lipinski definition) is 2. The largest absolute Gasteiger partial charge is 0.478 e. The Morgan fingerprint density at radius 2 is 1.94 bits per heavy atom. The van der Waals surface area contributed by atoms with E-state index >= 15 is 0 Å². The Morgan fingerprint density at radius 3 is 2.24 bits per heavy atom. The average Bonchev–Trinajstić information content (AvgIpc) is 2.71. The van der Waals surface area contributed by atoms with Gasteiger partial charge >= 0.3 is 11.9 Å². The summed E-state index contributed by atoms with van der Waals surface area (Å²) in [5.74, 6) is -1.41. The summed E-state index contributed by atoms with van der Waals surface area (Å²) in [4.78, 5) is 19.8. The number of furan rings is 1. The first kappa shape index (κ1) is 15.0. The predicted octanol–water partition coefficient (Wildman–Crippen LogP) is 1.92. The molecule has 0 aliphatic carbocycles. The topological polar surface area (TPSA) is 87.7 Å². The smallest absolute Gasteiger partial charge is 0.342 e. The fraction of sp³-hybridized carbons (Fsp3) is 0.182. The van der Waals surface area contributed by atoms with Gasteiger partial charge in [0.15, 0.2) is 0 Å². The Labute approximate surface area is 103 Å². The highest BCUT2D eigenvalue weighted by atomic mass is 32.1. The first-order valence-electron chi connectivity index (χ1n) is 4.52. The number of carboxylic acids is 2. The molecule has 92 valence electrons. The van der Waals surface area contributed by atoms with Crippen LogP contribution in [0.25, 0.3) is 0 Å². The van der Waals surface area contributed by atoms with E-state index in [0.29, 0.717) is 5.76 Å². The van der Waals surface area contributed by atoms with Crippen LogP contribution in [0.4, 0.5) is 0 Å². The van der Waals surface area contributed by atoms with Gasteiger partial charge in [-0.3, -0.25) is 0 Å². The maximum absolute atomic E-state index is 10.2. The minimum absolute atomic E-state index is 0.0278. The highest BCUT2D eigenvalue weighted by Gasteiger charge is 2.08. The van der Waals surface area contributed by atoms with Gasteiger partial charge in [0.1, 0.15) is 10.6 Å². The van der Waals surface area contributed by atoms with Crippen molar-refractivity contribution in [2.45, 2.75) is 13.3 Å². The standard InChI is InChI=1S/C7H6O3S.C4H6O2/c8-7(9)6(11)4-5-2-1-3-10-5;1-3(2)4(5)6/h1-3H,4H2,(H,8,9);1H2,2H3,(H,5,6). The lowest BCUT2D eigenvalue weighted by Crippen LogP contribution is -2.12. The normalized spacial score (nSPS) is 8.76. The molecule has 17 heavy (non-hydrogen) atoms. The Hall–Kier alpha value is -1.95. The van der Waals surface area contributed by atoms with Crippen LogP contribution in [-0.4, -0.2) is 27.0 Å². The van der Waals surface area contributed by atoms with Crippen molar-refractivity contribution >= 4 is 29.0 Å². The number of aliphatic carboxylic acids is 2. The van der Waals surface area contributed by atoms with Gasteiger partial charge in [-0.1, -0.05) is 18.8 Å². The van der Waals surface area contributed by atoms with Gasteiger partial charge in [-0.05, 0) is 19.1 Å². The number of thiocarbonyl (C=S) groups is 1. The zero-order valence-corrected chi connectivity index (χ0v) is 9.99. The molecule has 0 fully saturated rings. The molecule has 0 aromatic carbocycles. The Bertz CT molecular complexity index is 407. The second-order valence-electron chi connectivity index (χ2n) is 3.07. The van der Waals surface area contributed by atoms with Crippen molar-refractivity contribution in [1.82, 2.24) is 0 Å². The van der Waals surface area contributed by atoms with Crippen LogP contribution in [0.5, 0.6) is 0 Å². The van der Waals surface area contributed by atoms with Crippen molar-refractivity contribution in [2.24, 2.45) is 0 Å². The molecular formula is C11H12O5S. The summed E-state index contributed by atoms with van der Waals surface area (Å²) in [7, 11) is 0. The molecule has 1 rings (SSSR count). The van der Waals surface area contributed by atoms with Crippen LogP contribution in [0.2, 0.25) is 0 Å². The van der Waals surface area contributed by atoms with Gasteiger partial charge < -0.3 is 14.6 Å². The number of rotatable bonds is 4. The molecular weight excluding hydrogens is 244 g/mol. The van der Waals surface area contributed by atoms with E-state index in [2.05, 4.69) is 18.8 Å². The van der Waals surface area contributed by atoms with E-state index in [0.717, 1.165) is 0 Å². The summed E-state index contributed by atoms with van der Waals surface area (Å²) in [5.41, 5.74) is 0.176. The van der Waals surface area contributed by atoms with Gasteiger partial charge in [-0.25, -0.2) is 9.59 Å². The minimum atomic E-state index is -1.06. The summed E-state index contributed by atoms with van der Waals surface area (Å²) < 4.78 is 4.90. The SMILES string of the molecule is C=C(C)C(=O)O.O=C(O)C(=S)Cc1ccco1. The molecule has 0 atom stereocenters. The minimum Gasteiger partial charge on any atom is -0.478 e. The lowest BCUT2D eigenvalue weighted by atomic mass is 10.2. The van der Waals surface area contributed by atoms with E-state index in [1.54, 1.807) is 12.1 Å². The summed E-state index contributed by atoms with van der Waals surface area (Å²) >= 11 is 4.57. The van der Waals surface area contributed by atoms with E-state index < -0.39 is 11.9 Å². The highest BCUT2D eigenvalue weighted by molar-refractivity contribution is 7.82. The molecule has 0 bridgehead atoms. The van der Waals surface area contributed by atoms with Crippen LogP contribution in [0.1, 0.15) is 12.7 Å². The molecule has 0 radical (unpaired) electrons. The second kappa shape index (κ2) is 7.34. The fourth-order valence-electron chi connectivity index (χ4n) is 0.647. The van der Waals surface area contributed by atoms with Crippen LogP contribution in [0, 0.1) is 0 Å². The van der Waals surface area contributed by atoms with Crippen LogP contribution in [-0.2, 0) is 16.0 Å². The van der Waals surface area contributed by atoms with Gasteiger partial charge in [0.25, 0.3) is 0 Å². The Balaban J connectivity index is 0.000000366. The van der Waals surface area contributed by atoms with Gasteiger partial charge in [-0.15, -0.1) is 0 Å². The van der Waals surface area contributed by atoms with Crippen molar-refractivity contribution in [3.63, 3.8) is 0 Å². The Kier molecular flexibility index (Phi) is 6.50. The first-order valence-corrected chi connectivity index (χ1v) is 4.92. The molecule has 1 heterocycles. The third kappa shape index (κ3) is 7.02. The molecule has 1 aromatic rings. The number of carbonyl (C=O) groups is 2. The molecule has 0 unspecified atom stereocenters. The van der Waals surface area contributed by atoms with E-state index in [-0.39, 0.29) is 16.9 Å². The summed E-state index contributed by atoms with van der Waals surface area (Å²) in [6, 6.07) is 3.38. The quantitative estimate of drug-likeness (QED) is 0.632.